The van der Waals surface area contributed by atoms with Crippen molar-refractivity contribution in [2.45, 2.75) is 0 Å². The lowest BCUT2D eigenvalue weighted by Crippen LogP contribution is -2.24. The lowest BCUT2D eigenvalue weighted by atomic mass is 10.7. The Morgan fingerprint density at radius 3 is 1.86 bits per heavy atom. The van der Waals surface area contributed by atoms with Gasteiger partial charge in [0.25, 0.3) is 0 Å². The summed E-state index contributed by atoms with van der Waals surface area (Å²) in [4.78, 5) is 14.7. The minimum atomic E-state index is -0.174. The largest absolute Gasteiger partial charge is 0.376 e. The second-order valence-electron chi connectivity index (χ2n) is 2.76. The van der Waals surface area contributed by atoms with Crippen LogP contribution in [0.3, 0.4) is 0 Å². The normalized spacial score (nSPS) is 10.0. The van der Waals surface area contributed by atoms with Gasteiger partial charge in [-0.2, -0.15) is 4.98 Å². The molecule has 1 aromatic heterocycles. The first-order valence-electron chi connectivity index (χ1n) is 4.02. The summed E-state index contributed by atoms with van der Waals surface area (Å²) in [6.07, 6.45) is 1.33. The maximum atomic E-state index is 8.84. The van der Waals surface area contributed by atoms with Crippen molar-refractivity contribution in [3.05, 3.63) is 6.33 Å². The van der Waals surface area contributed by atoms with Gasteiger partial charge < -0.3 is 20.0 Å². The molecule has 0 aliphatic rings. The van der Waals surface area contributed by atoms with Gasteiger partial charge in [0.2, 0.25) is 11.9 Å². The predicted molar refractivity (Wildman–Crippen MR) is 50.8 cm³/mol. The molecule has 0 amide bonds. The fourth-order valence-electron chi connectivity index (χ4n) is 0.774. The topological polar surface area (TPSA) is 85.6 Å². The average Bonchev–Trinajstić information content (AvgIpc) is 2.27. The molecule has 0 saturated carbocycles. The van der Waals surface area contributed by atoms with Gasteiger partial charge in [-0.25, -0.2) is 9.97 Å². The van der Waals surface area contributed by atoms with Gasteiger partial charge in [-0.3, -0.25) is 0 Å². The number of aliphatic hydroxyl groups is 2. The van der Waals surface area contributed by atoms with E-state index in [1.54, 1.807) is 14.1 Å². The average molecular weight is 199 g/mol. The summed E-state index contributed by atoms with van der Waals surface area (Å²) < 4.78 is 0. The van der Waals surface area contributed by atoms with E-state index < -0.39 is 0 Å². The van der Waals surface area contributed by atoms with E-state index >= 15 is 0 Å². The molecular formula is C7H13N5O2. The van der Waals surface area contributed by atoms with E-state index in [0.29, 0.717) is 11.9 Å². The number of aromatic nitrogens is 3. The number of rotatable bonds is 4. The fraction of sp³-hybridized carbons (Fsp3) is 0.571. The molecule has 0 atom stereocenters. The monoisotopic (exact) mass is 199 g/mol. The zero-order valence-electron chi connectivity index (χ0n) is 8.12. The van der Waals surface area contributed by atoms with Crippen LogP contribution in [-0.2, 0) is 0 Å². The SMILES string of the molecule is CN(CO)c1ncnc(N(C)CO)n1. The van der Waals surface area contributed by atoms with E-state index in [4.69, 9.17) is 10.2 Å². The van der Waals surface area contributed by atoms with E-state index in [1.807, 2.05) is 0 Å². The number of anilines is 2. The van der Waals surface area contributed by atoms with Gasteiger partial charge in [0.05, 0.1) is 0 Å². The second-order valence-corrected chi connectivity index (χ2v) is 2.76. The smallest absolute Gasteiger partial charge is 0.231 e. The van der Waals surface area contributed by atoms with E-state index in [2.05, 4.69) is 15.0 Å². The minimum Gasteiger partial charge on any atom is -0.376 e. The van der Waals surface area contributed by atoms with E-state index in [1.165, 1.54) is 16.1 Å². The first-order valence-corrected chi connectivity index (χ1v) is 4.02. The number of nitrogens with zero attached hydrogens (tertiary/aromatic N) is 5. The van der Waals surface area contributed by atoms with Gasteiger partial charge in [-0.15, -0.1) is 0 Å². The molecule has 0 aliphatic carbocycles. The van der Waals surface area contributed by atoms with Crippen LogP contribution in [0.15, 0.2) is 6.33 Å². The maximum Gasteiger partial charge on any atom is 0.231 e. The second kappa shape index (κ2) is 4.68. The van der Waals surface area contributed by atoms with Crippen LogP contribution < -0.4 is 9.80 Å². The molecule has 1 aromatic rings. The van der Waals surface area contributed by atoms with Crippen molar-refractivity contribution in [2.24, 2.45) is 0 Å². The zero-order valence-corrected chi connectivity index (χ0v) is 8.12. The molecule has 0 bridgehead atoms. The number of aliphatic hydroxyl groups excluding tert-OH is 2. The molecule has 2 N–H and O–H groups in total. The zero-order chi connectivity index (χ0) is 10.6. The molecule has 0 fully saturated rings. The van der Waals surface area contributed by atoms with Crippen molar-refractivity contribution in [3.63, 3.8) is 0 Å². The molecule has 7 nitrogen and oxygen atoms in total. The molecule has 14 heavy (non-hydrogen) atoms. The molecule has 0 radical (unpaired) electrons. The summed E-state index contributed by atoms with van der Waals surface area (Å²) in [5.74, 6) is 0.718. The molecule has 78 valence electrons. The Hall–Kier alpha value is -1.47. The summed E-state index contributed by atoms with van der Waals surface area (Å²) >= 11 is 0. The Kier molecular flexibility index (Phi) is 3.55. The van der Waals surface area contributed by atoms with Crippen molar-refractivity contribution in [1.82, 2.24) is 15.0 Å². The molecule has 7 heteroatoms. The van der Waals surface area contributed by atoms with Crippen LogP contribution in [0.5, 0.6) is 0 Å². The molecule has 0 spiro atoms. The standard InChI is InChI=1S/C7H13N5O2/c1-11(4-13)6-8-3-9-7(10-6)12(2)5-14/h3,13-14H,4-5H2,1-2H3. The summed E-state index contributed by atoms with van der Waals surface area (Å²) in [6, 6.07) is 0. The van der Waals surface area contributed by atoms with Crippen LogP contribution in [0, 0.1) is 0 Å². The summed E-state index contributed by atoms with van der Waals surface area (Å²) in [6.45, 7) is -0.349. The third kappa shape index (κ3) is 2.27. The summed E-state index contributed by atoms with van der Waals surface area (Å²) in [7, 11) is 3.30. The molecule has 0 aliphatic heterocycles. The highest BCUT2D eigenvalue weighted by molar-refractivity contribution is 5.35. The fourth-order valence-corrected chi connectivity index (χ4v) is 0.774. The van der Waals surface area contributed by atoms with Crippen LogP contribution in [-0.4, -0.2) is 52.7 Å². The predicted octanol–water partition coefficient (Wildman–Crippen LogP) is -1.36. The summed E-state index contributed by atoms with van der Waals surface area (Å²) in [5, 5.41) is 17.7. The van der Waals surface area contributed by atoms with Crippen molar-refractivity contribution in [2.75, 3.05) is 37.4 Å². The van der Waals surface area contributed by atoms with Crippen LogP contribution >= 0.6 is 0 Å². The van der Waals surface area contributed by atoms with Crippen LogP contribution in [0.1, 0.15) is 0 Å². The highest BCUT2D eigenvalue weighted by Crippen LogP contribution is 2.07. The molecule has 0 unspecified atom stereocenters. The molecular weight excluding hydrogens is 186 g/mol. The Bertz CT molecular complexity index is 270. The summed E-state index contributed by atoms with van der Waals surface area (Å²) in [5.41, 5.74) is 0. The molecule has 0 aromatic carbocycles. The Labute approximate surface area is 81.7 Å². The van der Waals surface area contributed by atoms with Crippen molar-refractivity contribution in [1.29, 1.82) is 0 Å². The first-order chi connectivity index (χ1) is 6.69. The van der Waals surface area contributed by atoms with Gasteiger partial charge in [-0.1, -0.05) is 0 Å². The van der Waals surface area contributed by atoms with E-state index in [9.17, 15) is 0 Å². The number of hydrogen-bond acceptors (Lipinski definition) is 7. The van der Waals surface area contributed by atoms with Crippen LogP contribution in [0.25, 0.3) is 0 Å². The van der Waals surface area contributed by atoms with Crippen LogP contribution in [0.4, 0.5) is 11.9 Å². The minimum absolute atomic E-state index is 0.174. The Morgan fingerprint density at radius 2 is 1.50 bits per heavy atom. The highest BCUT2D eigenvalue weighted by Gasteiger charge is 2.07. The van der Waals surface area contributed by atoms with Crippen molar-refractivity contribution < 1.29 is 10.2 Å². The number of hydrogen-bond donors (Lipinski definition) is 2. The van der Waals surface area contributed by atoms with Gasteiger partial charge in [0, 0.05) is 14.1 Å². The van der Waals surface area contributed by atoms with Gasteiger partial charge in [-0.05, 0) is 0 Å². The van der Waals surface area contributed by atoms with Gasteiger partial charge in [0.15, 0.2) is 0 Å². The molecule has 1 heterocycles. The van der Waals surface area contributed by atoms with Crippen molar-refractivity contribution in [3.8, 4) is 0 Å². The van der Waals surface area contributed by atoms with Gasteiger partial charge >= 0.3 is 0 Å². The van der Waals surface area contributed by atoms with E-state index in [-0.39, 0.29) is 13.5 Å². The lowest BCUT2D eigenvalue weighted by Gasteiger charge is -2.16. The third-order valence-electron chi connectivity index (χ3n) is 1.65. The highest BCUT2D eigenvalue weighted by atomic mass is 16.3. The quantitative estimate of drug-likeness (QED) is 0.579. The maximum absolute atomic E-state index is 8.84. The molecule has 0 saturated heterocycles. The van der Waals surface area contributed by atoms with Crippen molar-refractivity contribution >= 4 is 11.9 Å². The van der Waals surface area contributed by atoms with E-state index in [0.717, 1.165) is 0 Å². The Balaban J connectivity index is 2.89. The Morgan fingerprint density at radius 1 is 1.07 bits per heavy atom. The first kappa shape index (κ1) is 10.6. The lowest BCUT2D eigenvalue weighted by molar-refractivity contribution is 0.294. The molecule has 1 rings (SSSR count). The third-order valence-corrected chi connectivity index (χ3v) is 1.65. The van der Waals surface area contributed by atoms with Gasteiger partial charge in [0.1, 0.15) is 19.8 Å². The van der Waals surface area contributed by atoms with Crippen LogP contribution in [0.2, 0.25) is 0 Å².